The number of aromatic nitrogens is 4. The molecule has 0 fully saturated rings. The Morgan fingerprint density at radius 1 is 0.439 bits per heavy atom. The van der Waals surface area contributed by atoms with Crippen LogP contribution in [0.1, 0.15) is 84.0 Å². The number of aromatic carboxylic acids is 1. The highest BCUT2D eigenvalue weighted by Gasteiger charge is 2.47. The van der Waals surface area contributed by atoms with Crippen molar-refractivity contribution >= 4 is 292 Å². The second-order valence-corrected chi connectivity index (χ2v) is 32.8. The van der Waals surface area contributed by atoms with Gasteiger partial charge in [-0.1, -0.05) is 231 Å². The molecule has 0 spiro atoms. The van der Waals surface area contributed by atoms with Crippen LogP contribution in [0.5, 0.6) is 0 Å². The van der Waals surface area contributed by atoms with Crippen LogP contribution in [-0.4, -0.2) is 116 Å². The van der Waals surface area contributed by atoms with E-state index in [1.165, 1.54) is 16.8 Å². The Balaban J connectivity index is 0.000000230. The number of carboxylic acids is 1. The Morgan fingerprint density at radius 3 is 1.28 bits per heavy atom. The van der Waals surface area contributed by atoms with E-state index in [1.54, 1.807) is 179 Å². The molecular formula is C84H65Br6Cl9N8O16. The standard InChI is InChI=1S/C18H15BrCl2N2O4.C16H11BrCl2N2O2.C16H13BrCl2N2O2.C14H7BrCl2N2O2.C10H9BrO3.C6H5Br.C4H5ClO3/c1-3-26-17(25)18(27-11(2)24,12-4-6-13(19)7-5-12)23-22-16-9-8-14(20)10-15(16)21;1-2-23-16(22)15-11-5-3-9(17)7-14(11)21(20-15)13-6-4-10(18)8-12(13)19;1-2-23-16(22)15(10-3-5-11(17)6-4-10)21-20-14-8-7-12(18)9-13(14)19;15-7-1-3-9-12(5-7)19(18-13(9)14(20)21)11-4-2-8(16)6-10(11)17;1-2-14-10(13)9(12)7-3-5-8(11)6-4-7;7-6-4-2-1-3-5-6;1-2-8-4(7)3(5)6/h4-10H,3H2,1-2H3;3-8H,2H2,1H3;3-9,20H,2H2,1H3;1-6H,(H,20,21);3-6H,2H2,1H3;1-5H;2H2,1H3/b;;21-15+;;;;. The van der Waals surface area contributed by atoms with Crippen LogP contribution in [0.2, 0.25) is 40.2 Å². The Kier molecular flexibility index (Phi) is 43.3. The molecule has 2 heterocycles. The molecule has 0 bridgehead atoms. The first-order valence-corrected chi connectivity index (χ1v) is 43.6. The summed E-state index contributed by atoms with van der Waals surface area (Å²) in [6.07, 6.45) is 0. The number of fused-ring (bicyclic) bond motifs is 2. The van der Waals surface area contributed by atoms with Crippen LogP contribution in [-0.2, 0) is 62.9 Å². The number of Topliss-reactive ketones (excluding diaryl/α,β-unsaturated/α-hetero) is 1. The maximum atomic E-state index is 12.7. The van der Waals surface area contributed by atoms with Crippen molar-refractivity contribution in [1.29, 1.82) is 0 Å². The number of ether oxygens (including phenoxy) is 6. The third-order valence-corrected chi connectivity index (χ3v) is 20.5. The molecule has 2 aromatic heterocycles. The number of azo groups is 1. The monoisotopic (exact) mass is 2230 g/mol. The number of anilines is 1. The first-order valence-electron chi connectivity index (χ1n) is 35.4. The van der Waals surface area contributed by atoms with E-state index in [0.717, 1.165) is 39.3 Å². The van der Waals surface area contributed by atoms with Crippen molar-refractivity contribution in [3.63, 3.8) is 0 Å². The first kappa shape index (κ1) is 103. The smallest absolute Gasteiger partial charge is 0.391 e. The topological polar surface area (TPSA) is 314 Å². The van der Waals surface area contributed by atoms with Crippen molar-refractivity contribution in [3.8, 4) is 11.4 Å². The molecule has 0 saturated heterocycles. The number of rotatable bonds is 21. The van der Waals surface area contributed by atoms with Gasteiger partial charge in [0.05, 0.1) is 81.2 Å². The zero-order chi connectivity index (χ0) is 90.8. The summed E-state index contributed by atoms with van der Waals surface area (Å²) in [4.78, 5) is 102. The average Bonchev–Trinajstić information content (AvgIpc) is 1.56. The van der Waals surface area contributed by atoms with E-state index >= 15 is 0 Å². The molecule has 12 aromatic rings. The second kappa shape index (κ2) is 51.7. The number of nitrogens with one attached hydrogen (secondary N) is 1. The van der Waals surface area contributed by atoms with Crippen LogP contribution >= 0.6 is 200 Å². The van der Waals surface area contributed by atoms with Crippen LogP contribution in [0.25, 0.3) is 33.2 Å². The van der Waals surface area contributed by atoms with Crippen LogP contribution in [0.3, 0.4) is 0 Å². The minimum absolute atomic E-state index is 0.0245. The molecule has 1 atom stereocenters. The van der Waals surface area contributed by atoms with E-state index in [-0.39, 0.29) is 66.4 Å². The molecule has 39 heteroatoms. The molecule has 12 rings (SSSR count). The minimum Gasteiger partial charge on any atom is -0.476 e. The first-order chi connectivity index (χ1) is 58.5. The van der Waals surface area contributed by atoms with Gasteiger partial charge in [-0.25, -0.2) is 38.1 Å². The third kappa shape index (κ3) is 31.8. The lowest BCUT2D eigenvalue weighted by Crippen LogP contribution is -2.39. The second-order valence-electron chi connectivity index (χ2n) is 23.6. The molecular weight excluding hydrogens is 2180 g/mol. The molecule has 642 valence electrons. The van der Waals surface area contributed by atoms with Crippen molar-refractivity contribution in [2.24, 2.45) is 15.3 Å². The number of ketones is 1. The summed E-state index contributed by atoms with van der Waals surface area (Å²) in [7, 11) is 0. The summed E-state index contributed by atoms with van der Waals surface area (Å²) in [5.41, 5.74) is 5.67. The number of carbonyl (C=O) groups excluding carboxylic acids is 8. The Hall–Kier alpha value is -8.67. The fourth-order valence-corrected chi connectivity index (χ4v) is 13.5. The molecule has 123 heavy (non-hydrogen) atoms. The predicted molar refractivity (Wildman–Crippen MR) is 500 cm³/mol. The fourth-order valence-electron chi connectivity index (χ4n) is 9.74. The lowest BCUT2D eigenvalue weighted by molar-refractivity contribution is -0.183. The summed E-state index contributed by atoms with van der Waals surface area (Å²) >= 11 is 72.9. The number of esters is 6. The normalized spacial score (nSPS) is 11.0. The fraction of sp³-hybridized carbons (Fsp3) is 0.143. The SMILES string of the molecule is Brc1ccccc1.CCOC(=O)/C(=N/Nc1ccc(Cl)cc1Cl)c1ccc(Br)cc1.CCOC(=O)C(=O)Cl.CCOC(=O)C(=O)c1ccc(Br)cc1.CCOC(=O)C(N=Nc1ccc(Cl)cc1Cl)(OC(C)=O)c1ccc(Br)cc1.CCOC(=O)c1nn(-c2ccc(Cl)cc2Cl)c2cc(Br)ccc12.O=C(O)c1nn(-c2ccc(Cl)cc2Cl)c2cc(Br)ccc12. The number of hydrogen-bond acceptors (Lipinski definition) is 21. The molecule has 2 N–H and O–H groups in total. The number of carboxylic acid groups (broad SMARTS) is 1. The summed E-state index contributed by atoms with van der Waals surface area (Å²) < 4.78 is 37.8. The van der Waals surface area contributed by atoms with Crippen molar-refractivity contribution < 1.29 is 76.7 Å². The summed E-state index contributed by atoms with van der Waals surface area (Å²) in [6, 6.07) is 60.6. The van der Waals surface area contributed by atoms with Gasteiger partial charge in [-0.3, -0.25) is 19.8 Å². The molecule has 0 aliphatic rings. The van der Waals surface area contributed by atoms with Gasteiger partial charge in [0.15, 0.2) is 17.1 Å². The van der Waals surface area contributed by atoms with Gasteiger partial charge in [-0.05, 0) is 216 Å². The maximum Gasteiger partial charge on any atom is 0.391 e. The molecule has 10 aromatic carbocycles. The van der Waals surface area contributed by atoms with Crippen LogP contribution in [0.15, 0.2) is 254 Å². The van der Waals surface area contributed by atoms with E-state index in [9.17, 15) is 48.3 Å². The third-order valence-electron chi connectivity index (χ3n) is 15.1. The van der Waals surface area contributed by atoms with Gasteiger partial charge in [0.1, 0.15) is 5.69 Å². The molecule has 0 radical (unpaired) electrons. The van der Waals surface area contributed by atoms with E-state index in [1.807, 2.05) is 60.7 Å². The molecule has 0 aliphatic heterocycles. The summed E-state index contributed by atoms with van der Waals surface area (Å²) in [6.45, 7) is 10.5. The largest absolute Gasteiger partial charge is 0.476 e. The van der Waals surface area contributed by atoms with Gasteiger partial charge in [0, 0.05) is 81.3 Å². The molecule has 0 amide bonds. The van der Waals surface area contributed by atoms with Crippen LogP contribution < -0.4 is 5.43 Å². The zero-order valence-corrected chi connectivity index (χ0v) is 80.9. The number of hydrogen-bond donors (Lipinski definition) is 2. The molecule has 0 saturated carbocycles. The Morgan fingerprint density at radius 2 is 0.854 bits per heavy atom. The Bertz CT molecular complexity index is 5830. The minimum atomic E-state index is -2.11. The van der Waals surface area contributed by atoms with Gasteiger partial charge < -0.3 is 33.5 Å². The van der Waals surface area contributed by atoms with E-state index in [0.29, 0.717) is 79.6 Å². The highest BCUT2D eigenvalue weighted by molar-refractivity contribution is 9.11. The lowest BCUT2D eigenvalue weighted by atomic mass is 10.0. The summed E-state index contributed by atoms with van der Waals surface area (Å²) in [5.74, 6) is -6.10. The van der Waals surface area contributed by atoms with Crippen molar-refractivity contribution in [2.45, 2.75) is 47.3 Å². The molecule has 1 unspecified atom stereocenters. The number of benzene rings is 10. The van der Waals surface area contributed by atoms with Crippen molar-refractivity contribution in [3.05, 3.63) is 307 Å². The van der Waals surface area contributed by atoms with Gasteiger partial charge >= 0.3 is 52.8 Å². The van der Waals surface area contributed by atoms with E-state index in [2.05, 4.69) is 136 Å². The van der Waals surface area contributed by atoms with E-state index < -0.39 is 58.5 Å². The van der Waals surface area contributed by atoms with Crippen molar-refractivity contribution in [2.75, 3.05) is 38.5 Å². The highest BCUT2D eigenvalue weighted by atomic mass is 79.9. The lowest BCUT2D eigenvalue weighted by Gasteiger charge is -2.26. The molecule has 0 aliphatic carbocycles. The van der Waals surface area contributed by atoms with Crippen LogP contribution in [0, 0.1) is 0 Å². The van der Waals surface area contributed by atoms with E-state index in [4.69, 9.17) is 123 Å². The van der Waals surface area contributed by atoms with Crippen LogP contribution in [0.4, 0.5) is 11.4 Å². The maximum absolute atomic E-state index is 12.7. The van der Waals surface area contributed by atoms with Crippen molar-refractivity contribution in [1.82, 2.24) is 19.6 Å². The number of nitrogens with zero attached hydrogens (tertiary/aromatic N) is 7. The zero-order valence-electron chi connectivity index (χ0n) is 64.6. The number of hydrazone groups is 1. The van der Waals surface area contributed by atoms with Gasteiger partial charge in [0.2, 0.25) is 0 Å². The highest BCUT2D eigenvalue weighted by Crippen LogP contribution is 2.37. The average molecular weight is 2240 g/mol. The summed E-state index contributed by atoms with van der Waals surface area (Å²) in [5, 5.41) is 33.6. The Labute approximate surface area is 799 Å². The quantitative estimate of drug-likeness (QED) is 0.00986. The predicted octanol–water partition coefficient (Wildman–Crippen LogP) is 26.0. The van der Waals surface area contributed by atoms with Gasteiger partial charge in [-0.15, -0.1) is 10.2 Å². The molecule has 24 nitrogen and oxygen atoms in total. The van der Waals surface area contributed by atoms with Gasteiger partial charge in [0.25, 0.3) is 5.78 Å². The number of carbonyl (C=O) groups is 9. The number of halogens is 15. The van der Waals surface area contributed by atoms with Gasteiger partial charge in [-0.2, -0.15) is 15.3 Å².